The summed E-state index contributed by atoms with van der Waals surface area (Å²) in [7, 11) is 0. The summed E-state index contributed by atoms with van der Waals surface area (Å²) in [5.41, 5.74) is 4.50. The number of hydrogen-bond acceptors (Lipinski definition) is 10. The van der Waals surface area contributed by atoms with E-state index >= 15 is 0 Å². The van der Waals surface area contributed by atoms with Crippen LogP contribution in [0.4, 0.5) is 0 Å². The normalized spacial score (nSPS) is 11.7. The van der Waals surface area contributed by atoms with E-state index in [1.54, 1.807) is 75.8 Å². The summed E-state index contributed by atoms with van der Waals surface area (Å²) in [6.07, 6.45) is 6.79. The number of aromatic hydroxyl groups is 3. The number of aldehydes is 3. The fourth-order valence-electron chi connectivity index (χ4n) is 4.43. The number of phenolic OH excluding ortho intramolecular Hbond substituents is 3. The number of phenols is 3. The highest BCUT2D eigenvalue weighted by molar-refractivity contribution is 5.90. The summed E-state index contributed by atoms with van der Waals surface area (Å²) in [5, 5.41) is 30.9. The topological polar surface area (TPSA) is 152 Å². The number of carbonyl (C=O) groups is 3. The van der Waals surface area contributed by atoms with Crippen LogP contribution in [-0.2, 0) is 0 Å². The van der Waals surface area contributed by atoms with Crippen molar-refractivity contribution in [1.82, 2.24) is 4.90 Å². The highest BCUT2D eigenvalue weighted by Gasteiger charge is 2.09. The summed E-state index contributed by atoms with van der Waals surface area (Å²) in [4.78, 5) is 49.0. The molecule has 43 heavy (non-hydrogen) atoms. The van der Waals surface area contributed by atoms with Gasteiger partial charge in [0.2, 0.25) is 0 Å². The lowest BCUT2D eigenvalue weighted by atomic mass is 10.1. The van der Waals surface area contributed by atoms with Crippen LogP contribution in [0.1, 0.15) is 64.5 Å². The Balaban J connectivity index is 1.68. The lowest BCUT2D eigenvalue weighted by molar-refractivity contribution is 0.111. The highest BCUT2D eigenvalue weighted by Crippen LogP contribution is 2.23. The molecule has 224 valence electrons. The molecule has 0 aliphatic heterocycles. The fourth-order valence-corrected chi connectivity index (χ4v) is 4.43. The van der Waals surface area contributed by atoms with Gasteiger partial charge in [-0.25, -0.2) is 0 Å². The van der Waals surface area contributed by atoms with Crippen LogP contribution < -0.4 is 0 Å². The van der Waals surface area contributed by atoms with Gasteiger partial charge in [0.25, 0.3) is 0 Å². The molecule has 10 heteroatoms. The molecule has 3 aromatic carbocycles. The average molecular weight is 585 g/mol. The van der Waals surface area contributed by atoms with Gasteiger partial charge in [-0.3, -0.25) is 34.3 Å². The van der Waals surface area contributed by atoms with Crippen molar-refractivity contribution in [2.24, 2.45) is 15.0 Å². The average Bonchev–Trinajstić information content (AvgIpc) is 3.00. The molecule has 0 aliphatic rings. The molecule has 10 nitrogen and oxygen atoms in total. The standard InChI is InChI=1S/C33H36N4O6/c1-22-10-25(19-38)13-28(31(22)41)16-34-4-7-37(8-5-35-17-29-14-26(20-39)11-23(2)32(29)42)9-6-36-18-30-15-27(21-40)12-24(3)33(30)43/h10-21,41-43H,4-9H2,1-3H3. The van der Waals surface area contributed by atoms with Gasteiger partial charge in [-0.15, -0.1) is 0 Å². The first-order valence-corrected chi connectivity index (χ1v) is 13.7. The first-order chi connectivity index (χ1) is 20.7. The number of aliphatic imine (C=N–C) groups is 3. The van der Waals surface area contributed by atoms with E-state index in [1.807, 2.05) is 0 Å². The Hall–Kier alpha value is -4.96. The van der Waals surface area contributed by atoms with Gasteiger partial charge in [0.1, 0.15) is 36.1 Å². The Labute approximate surface area is 250 Å². The van der Waals surface area contributed by atoms with Crippen LogP contribution in [0.25, 0.3) is 0 Å². The third kappa shape index (κ3) is 9.27. The zero-order chi connectivity index (χ0) is 31.4. The lowest BCUT2D eigenvalue weighted by Crippen LogP contribution is -2.31. The van der Waals surface area contributed by atoms with Gasteiger partial charge in [-0.1, -0.05) is 0 Å². The van der Waals surface area contributed by atoms with Crippen LogP contribution in [0.5, 0.6) is 17.2 Å². The second-order valence-corrected chi connectivity index (χ2v) is 10.1. The summed E-state index contributed by atoms with van der Waals surface area (Å²) in [6.45, 7) is 8.00. The Morgan fingerprint density at radius 3 is 1.07 bits per heavy atom. The number of rotatable bonds is 15. The van der Waals surface area contributed by atoms with Crippen molar-refractivity contribution in [3.63, 3.8) is 0 Å². The van der Waals surface area contributed by atoms with Gasteiger partial charge in [0, 0.05) is 71.7 Å². The first-order valence-electron chi connectivity index (χ1n) is 13.7. The largest absolute Gasteiger partial charge is 0.507 e. The zero-order valence-corrected chi connectivity index (χ0v) is 24.5. The Morgan fingerprint density at radius 1 is 0.535 bits per heavy atom. The van der Waals surface area contributed by atoms with E-state index in [0.29, 0.717) is 89.3 Å². The van der Waals surface area contributed by atoms with Crippen molar-refractivity contribution in [2.75, 3.05) is 39.3 Å². The molecule has 0 atom stereocenters. The Bertz CT molecular complexity index is 1380. The number of hydrogen-bond donors (Lipinski definition) is 3. The van der Waals surface area contributed by atoms with Crippen LogP contribution in [-0.4, -0.2) is 97.0 Å². The molecule has 3 N–H and O–H groups in total. The van der Waals surface area contributed by atoms with Gasteiger partial charge < -0.3 is 15.3 Å². The molecule has 0 saturated heterocycles. The molecule has 0 aromatic heterocycles. The number of benzene rings is 3. The van der Waals surface area contributed by atoms with Crippen LogP contribution in [0.3, 0.4) is 0 Å². The van der Waals surface area contributed by atoms with E-state index < -0.39 is 0 Å². The van der Waals surface area contributed by atoms with Crippen molar-refractivity contribution >= 4 is 37.5 Å². The predicted octanol–water partition coefficient (Wildman–Crippen LogP) is 4.13. The molecular weight excluding hydrogens is 548 g/mol. The maximum absolute atomic E-state index is 11.2. The fraction of sp³-hybridized carbons (Fsp3) is 0.273. The number of carbonyl (C=O) groups excluding carboxylic acids is 3. The molecule has 0 heterocycles. The molecule has 0 bridgehead atoms. The van der Waals surface area contributed by atoms with Crippen molar-refractivity contribution in [2.45, 2.75) is 20.8 Å². The molecule has 0 radical (unpaired) electrons. The molecular formula is C33H36N4O6. The van der Waals surface area contributed by atoms with Gasteiger partial charge in [0.05, 0.1) is 19.6 Å². The predicted molar refractivity (Wildman–Crippen MR) is 169 cm³/mol. The minimum Gasteiger partial charge on any atom is -0.507 e. The molecule has 0 amide bonds. The summed E-state index contributed by atoms with van der Waals surface area (Å²) in [5.74, 6) is 0.220. The molecule has 0 saturated carbocycles. The molecule has 0 aliphatic carbocycles. The number of nitrogens with zero attached hydrogens (tertiary/aromatic N) is 4. The van der Waals surface area contributed by atoms with Crippen molar-refractivity contribution in [1.29, 1.82) is 0 Å². The monoisotopic (exact) mass is 584 g/mol. The Morgan fingerprint density at radius 2 is 0.814 bits per heavy atom. The highest BCUT2D eigenvalue weighted by atomic mass is 16.3. The van der Waals surface area contributed by atoms with Crippen molar-refractivity contribution in [3.05, 3.63) is 86.5 Å². The van der Waals surface area contributed by atoms with Crippen molar-refractivity contribution in [3.8, 4) is 17.2 Å². The summed E-state index contributed by atoms with van der Waals surface area (Å²) >= 11 is 0. The van der Waals surface area contributed by atoms with Crippen molar-refractivity contribution < 1.29 is 29.7 Å². The third-order valence-electron chi connectivity index (χ3n) is 6.79. The van der Waals surface area contributed by atoms with E-state index in [0.717, 1.165) is 18.9 Å². The minimum absolute atomic E-state index is 0.0733. The molecule has 3 rings (SSSR count). The maximum atomic E-state index is 11.2. The van der Waals surface area contributed by atoms with Crippen LogP contribution in [0.2, 0.25) is 0 Å². The van der Waals surface area contributed by atoms with E-state index in [4.69, 9.17) is 0 Å². The second-order valence-electron chi connectivity index (χ2n) is 10.1. The van der Waals surface area contributed by atoms with Gasteiger partial charge in [0.15, 0.2) is 0 Å². The zero-order valence-electron chi connectivity index (χ0n) is 24.5. The smallest absolute Gasteiger partial charge is 0.150 e. The van der Waals surface area contributed by atoms with Crippen LogP contribution >= 0.6 is 0 Å². The first kappa shape index (κ1) is 32.6. The SMILES string of the molecule is Cc1cc(C=O)cc(C=NCCN(CCN=Cc2cc(C=O)cc(C)c2O)CCN=Cc2cc(C=O)cc(C)c2O)c1O. The number of aryl methyl sites for hydroxylation is 3. The Kier molecular flexibility index (Phi) is 12.0. The summed E-state index contributed by atoms with van der Waals surface area (Å²) in [6, 6.07) is 9.55. The van der Waals surface area contributed by atoms with Gasteiger partial charge in [-0.2, -0.15) is 0 Å². The van der Waals surface area contributed by atoms with Crippen LogP contribution in [0, 0.1) is 20.8 Å². The third-order valence-corrected chi connectivity index (χ3v) is 6.79. The van der Waals surface area contributed by atoms with E-state index in [1.165, 1.54) is 0 Å². The van der Waals surface area contributed by atoms with E-state index in [2.05, 4.69) is 19.9 Å². The molecule has 0 spiro atoms. The minimum atomic E-state index is 0.0733. The van der Waals surface area contributed by atoms with Gasteiger partial charge in [-0.05, 0) is 73.9 Å². The molecule has 0 unspecified atom stereocenters. The maximum Gasteiger partial charge on any atom is 0.150 e. The lowest BCUT2D eigenvalue weighted by Gasteiger charge is -2.19. The van der Waals surface area contributed by atoms with E-state index in [-0.39, 0.29) is 17.2 Å². The second kappa shape index (κ2) is 15.9. The quantitative estimate of drug-likeness (QED) is 0.179. The molecule has 0 fully saturated rings. The molecule has 3 aromatic rings. The van der Waals surface area contributed by atoms with E-state index in [9.17, 15) is 29.7 Å². The van der Waals surface area contributed by atoms with Crippen LogP contribution in [0.15, 0.2) is 51.4 Å². The van der Waals surface area contributed by atoms with Gasteiger partial charge >= 0.3 is 0 Å². The summed E-state index contributed by atoms with van der Waals surface area (Å²) < 4.78 is 0.